The Morgan fingerprint density at radius 3 is 2.55 bits per heavy atom. The molecule has 0 unspecified atom stereocenters. The third kappa shape index (κ3) is 6.38. The van der Waals surface area contributed by atoms with Gasteiger partial charge < -0.3 is 14.4 Å². The average molecular weight is 419 g/mol. The van der Waals surface area contributed by atoms with Gasteiger partial charge in [-0.3, -0.25) is 4.90 Å². The lowest BCUT2D eigenvalue weighted by Crippen LogP contribution is -2.42. The van der Waals surface area contributed by atoms with Gasteiger partial charge in [0.05, 0.1) is 13.2 Å². The monoisotopic (exact) mass is 418 g/mol. The molecule has 4 nitrogen and oxygen atoms in total. The molecule has 0 bridgehead atoms. The summed E-state index contributed by atoms with van der Waals surface area (Å²) in [5.74, 6) is 2.64. The van der Waals surface area contributed by atoms with Crippen LogP contribution in [0, 0.1) is 5.92 Å². The van der Waals surface area contributed by atoms with Crippen LogP contribution >= 0.6 is 0 Å². The standard InChI is InChI=1S/C27H34N2O2/c1-30-27-12-7-8-24(21-27)20-25-9-5-6-15-29(25)22-23-13-16-28(17-14-23)18-19-31-26-10-3-2-4-11-26/h2-12,15,21,23,25H,13-14,16-20,22H2,1H3/t25-/m1/s1. The number of para-hydroxylation sites is 1. The topological polar surface area (TPSA) is 24.9 Å². The second-order valence-corrected chi connectivity index (χ2v) is 8.49. The fourth-order valence-corrected chi connectivity index (χ4v) is 4.50. The maximum Gasteiger partial charge on any atom is 0.119 e. The molecule has 31 heavy (non-hydrogen) atoms. The largest absolute Gasteiger partial charge is 0.497 e. The van der Waals surface area contributed by atoms with Gasteiger partial charge >= 0.3 is 0 Å². The van der Waals surface area contributed by atoms with Crippen LogP contribution in [0.2, 0.25) is 0 Å². The van der Waals surface area contributed by atoms with Crippen molar-refractivity contribution in [1.82, 2.24) is 9.80 Å². The summed E-state index contributed by atoms with van der Waals surface area (Å²) in [5, 5.41) is 0. The van der Waals surface area contributed by atoms with Crippen molar-refractivity contribution in [2.24, 2.45) is 5.92 Å². The second-order valence-electron chi connectivity index (χ2n) is 8.49. The van der Waals surface area contributed by atoms with Crippen molar-refractivity contribution in [3.05, 3.63) is 84.6 Å². The molecular weight excluding hydrogens is 384 g/mol. The Morgan fingerprint density at radius 2 is 1.74 bits per heavy atom. The summed E-state index contributed by atoms with van der Waals surface area (Å²) in [6.45, 7) is 5.22. The van der Waals surface area contributed by atoms with E-state index in [4.69, 9.17) is 9.47 Å². The first-order chi connectivity index (χ1) is 15.3. The Morgan fingerprint density at radius 1 is 0.935 bits per heavy atom. The van der Waals surface area contributed by atoms with Crippen LogP contribution in [-0.2, 0) is 6.42 Å². The van der Waals surface area contributed by atoms with Crippen LogP contribution in [0.5, 0.6) is 11.5 Å². The molecule has 1 saturated heterocycles. The van der Waals surface area contributed by atoms with Crippen LogP contribution in [-0.4, -0.2) is 55.7 Å². The number of ether oxygens (including phenoxy) is 2. The van der Waals surface area contributed by atoms with E-state index in [0.29, 0.717) is 6.04 Å². The highest BCUT2D eigenvalue weighted by Gasteiger charge is 2.24. The summed E-state index contributed by atoms with van der Waals surface area (Å²) >= 11 is 0. The number of benzene rings is 2. The molecule has 164 valence electrons. The number of allylic oxidation sites excluding steroid dienone is 2. The molecule has 1 fully saturated rings. The zero-order valence-corrected chi connectivity index (χ0v) is 18.5. The number of hydrogen-bond acceptors (Lipinski definition) is 4. The Kier molecular flexibility index (Phi) is 7.67. The number of methoxy groups -OCH3 is 1. The van der Waals surface area contributed by atoms with E-state index in [2.05, 4.69) is 52.4 Å². The van der Waals surface area contributed by atoms with E-state index in [1.54, 1.807) is 7.11 Å². The smallest absolute Gasteiger partial charge is 0.119 e. The van der Waals surface area contributed by atoms with Gasteiger partial charge in [-0.05, 0) is 80.4 Å². The zero-order chi connectivity index (χ0) is 21.3. The fraction of sp³-hybridized carbons (Fsp3) is 0.407. The highest BCUT2D eigenvalue weighted by atomic mass is 16.5. The van der Waals surface area contributed by atoms with Gasteiger partial charge in [0.2, 0.25) is 0 Å². The van der Waals surface area contributed by atoms with E-state index in [0.717, 1.165) is 56.6 Å². The molecule has 0 aromatic heterocycles. The fourth-order valence-electron chi connectivity index (χ4n) is 4.50. The second kappa shape index (κ2) is 11.1. The first-order valence-electron chi connectivity index (χ1n) is 11.4. The number of rotatable bonds is 9. The van der Waals surface area contributed by atoms with Crippen molar-refractivity contribution in [2.75, 3.05) is 39.9 Å². The van der Waals surface area contributed by atoms with Crippen LogP contribution in [0.15, 0.2) is 79.0 Å². The summed E-state index contributed by atoms with van der Waals surface area (Å²) in [6.07, 6.45) is 12.5. The van der Waals surface area contributed by atoms with E-state index in [9.17, 15) is 0 Å². The van der Waals surface area contributed by atoms with E-state index >= 15 is 0 Å². The van der Waals surface area contributed by atoms with Crippen molar-refractivity contribution in [1.29, 1.82) is 0 Å². The van der Waals surface area contributed by atoms with Gasteiger partial charge in [0, 0.05) is 13.1 Å². The number of nitrogens with zero attached hydrogens (tertiary/aromatic N) is 2. The molecule has 0 amide bonds. The van der Waals surface area contributed by atoms with Gasteiger partial charge in [0.15, 0.2) is 0 Å². The lowest BCUT2D eigenvalue weighted by atomic mass is 9.94. The number of piperidine rings is 1. The summed E-state index contributed by atoms with van der Waals surface area (Å²) in [4.78, 5) is 5.07. The highest BCUT2D eigenvalue weighted by Crippen LogP contribution is 2.23. The van der Waals surface area contributed by atoms with Crippen molar-refractivity contribution in [2.45, 2.75) is 25.3 Å². The Balaban J connectivity index is 1.22. The third-order valence-electron chi connectivity index (χ3n) is 6.32. The minimum atomic E-state index is 0.411. The molecule has 2 aromatic carbocycles. The quantitative estimate of drug-likeness (QED) is 0.585. The van der Waals surface area contributed by atoms with Crippen LogP contribution < -0.4 is 9.47 Å². The molecule has 2 aliphatic rings. The molecule has 4 rings (SSSR count). The summed E-state index contributed by atoms with van der Waals surface area (Å²) in [7, 11) is 1.73. The predicted molar refractivity (Wildman–Crippen MR) is 127 cm³/mol. The Labute approximate surface area is 186 Å². The third-order valence-corrected chi connectivity index (χ3v) is 6.32. The molecule has 0 spiro atoms. The van der Waals surface area contributed by atoms with Crippen molar-refractivity contribution >= 4 is 0 Å². The lowest BCUT2D eigenvalue weighted by Gasteiger charge is -2.37. The minimum absolute atomic E-state index is 0.411. The van der Waals surface area contributed by atoms with Crippen LogP contribution in [0.1, 0.15) is 18.4 Å². The van der Waals surface area contributed by atoms with Gasteiger partial charge in [-0.2, -0.15) is 0 Å². The van der Waals surface area contributed by atoms with E-state index in [1.807, 2.05) is 36.4 Å². The minimum Gasteiger partial charge on any atom is -0.497 e. The van der Waals surface area contributed by atoms with E-state index in [1.165, 1.54) is 18.4 Å². The molecule has 0 radical (unpaired) electrons. The Bertz CT molecular complexity index is 857. The molecule has 2 heterocycles. The first kappa shape index (κ1) is 21.5. The van der Waals surface area contributed by atoms with Crippen LogP contribution in [0.4, 0.5) is 0 Å². The summed E-state index contributed by atoms with van der Waals surface area (Å²) < 4.78 is 11.3. The summed E-state index contributed by atoms with van der Waals surface area (Å²) in [6, 6.07) is 19.0. The number of likely N-dealkylation sites (tertiary alicyclic amines) is 1. The van der Waals surface area contributed by atoms with Gasteiger partial charge in [-0.25, -0.2) is 0 Å². The molecule has 1 atom stereocenters. The highest BCUT2D eigenvalue weighted by molar-refractivity contribution is 5.30. The SMILES string of the molecule is COc1cccc(C[C@H]2C=CC=CN2CC2CCN(CCOc3ccccc3)CC2)c1. The molecule has 0 saturated carbocycles. The Hall–Kier alpha value is -2.72. The molecular formula is C27H34N2O2. The zero-order valence-electron chi connectivity index (χ0n) is 18.5. The molecule has 0 N–H and O–H groups in total. The van der Waals surface area contributed by atoms with Crippen molar-refractivity contribution < 1.29 is 9.47 Å². The maximum absolute atomic E-state index is 5.87. The molecule has 4 heteroatoms. The first-order valence-corrected chi connectivity index (χ1v) is 11.4. The van der Waals surface area contributed by atoms with Crippen molar-refractivity contribution in [3.8, 4) is 11.5 Å². The average Bonchev–Trinajstić information content (AvgIpc) is 2.82. The van der Waals surface area contributed by atoms with Gasteiger partial charge in [0.25, 0.3) is 0 Å². The maximum atomic E-state index is 5.87. The van der Waals surface area contributed by atoms with Gasteiger partial charge in [0.1, 0.15) is 18.1 Å². The number of hydrogen-bond donors (Lipinski definition) is 0. The van der Waals surface area contributed by atoms with Crippen LogP contribution in [0.3, 0.4) is 0 Å². The normalized spacial score (nSPS) is 19.5. The van der Waals surface area contributed by atoms with Gasteiger partial charge in [-0.1, -0.05) is 42.5 Å². The predicted octanol–water partition coefficient (Wildman–Crippen LogP) is 4.78. The molecule has 2 aromatic rings. The van der Waals surface area contributed by atoms with Gasteiger partial charge in [-0.15, -0.1) is 0 Å². The van der Waals surface area contributed by atoms with Crippen LogP contribution in [0.25, 0.3) is 0 Å². The van der Waals surface area contributed by atoms with E-state index < -0.39 is 0 Å². The lowest BCUT2D eigenvalue weighted by molar-refractivity contribution is 0.134. The molecule has 0 aliphatic carbocycles. The summed E-state index contributed by atoms with van der Waals surface area (Å²) in [5.41, 5.74) is 1.32. The van der Waals surface area contributed by atoms with Crippen molar-refractivity contribution in [3.63, 3.8) is 0 Å². The van der Waals surface area contributed by atoms with E-state index in [-0.39, 0.29) is 0 Å². The molecule has 2 aliphatic heterocycles.